The summed E-state index contributed by atoms with van der Waals surface area (Å²) in [6, 6.07) is 3.32. The Kier molecular flexibility index (Phi) is 3.21. The van der Waals surface area contributed by atoms with Gasteiger partial charge in [0, 0.05) is 11.0 Å². The first-order valence-electron chi connectivity index (χ1n) is 5.35. The van der Waals surface area contributed by atoms with Crippen LogP contribution >= 0.6 is 0 Å². The Labute approximate surface area is 104 Å². The van der Waals surface area contributed by atoms with E-state index in [1.54, 1.807) is 6.92 Å². The van der Waals surface area contributed by atoms with Crippen LogP contribution in [0.4, 0.5) is 4.39 Å². The van der Waals surface area contributed by atoms with Crippen molar-refractivity contribution in [3.05, 3.63) is 46.6 Å². The zero-order chi connectivity index (χ0) is 13.3. The Morgan fingerprint density at radius 3 is 2.72 bits per heavy atom. The molecule has 1 amide bonds. The standard InChI is InChI=1S/C12H12FNO3S/c1-8-6-9(13)2-3-11(8)12(15)14-10-4-5-18(16,17)7-10/h2-6,10H,7H2,1H3,(H,14,15). The second-order valence-electron chi connectivity index (χ2n) is 4.20. The maximum Gasteiger partial charge on any atom is 0.252 e. The lowest BCUT2D eigenvalue weighted by molar-refractivity contribution is 0.0947. The van der Waals surface area contributed by atoms with Crippen molar-refractivity contribution >= 4 is 15.7 Å². The second kappa shape index (κ2) is 4.53. The molecule has 1 heterocycles. The molecule has 0 radical (unpaired) electrons. The van der Waals surface area contributed by atoms with E-state index in [-0.39, 0.29) is 5.75 Å². The van der Waals surface area contributed by atoms with Gasteiger partial charge in [-0.25, -0.2) is 12.8 Å². The lowest BCUT2D eigenvalue weighted by Crippen LogP contribution is -2.35. The molecule has 1 aromatic rings. The van der Waals surface area contributed by atoms with E-state index in [0.717, 1.165) is 5.41 Å². The predicted octanol–water partition coefficient (Wildman–Crippen LogP) is 1.17. The van der Waals surface area contributed by atoms with Gasteiger partial charge in [-0.3, -0.25) is 4.79 Å². The van der Waals surface area contributed by atoms with E-state index in [0.29, 0.717) is 11.1 Å². The van der Waals surface area contributed by atoms with Crippen molar-refractivity contribution in [2.45, 2.75) is 13.0 Å². The predicted molar refractivity (Wildman–Crippen MR) is 65.3 cm³/mol. The molecule has 0 aliphatic carbocycles. The molecule has 1 aliphatic rings. The monoisotopic (exact) mass is 269 g/mol. The smallest absolute Gasteiger partial charge is 0.252 e. The molecule has 1 N–H and O–H groups in total. The summed E-state index contributed by atoms with van der Waals surface area (Å²) in [6.07, 6.45) is 1.44. The van der Waals surface area contributed by atoms with Gasteiger partial charge in [0.15, 0.2) is 9.84 Å². The van der Waals surface area contributed by atoms with Gasteiger partial charge in [0.2, 0.25) is 0 Å². The summed E-state index contributed by atoms with van der Waals surface area (Å²) in [7, 11) is -3.20. The van der Waals surface area contributed by atoms with Crippen LogP contribution in [-0.4, -0.2) is 26.1 Å². The molecule has 6 heteroatoms. The average molecular weight is 269 g/mol. The molecular weight excluding hydrogens is 257 g/mol. The minimum atomic E-state index is -3.20. The van der Waals surface area contributed by atoms with E-state index < -0.39 is 27.6 Å². The molecule has 0 saturated carbocycles. The number of carbonyl (C=O) groups excluding carboxylic acids is 1. The maximum absolute atomic E-state index is 12.9. The van der Waals surface area contributed by atoms with Crippen LogP contribution in [0.1, 0.15) is 15.9 Å². The van der Waals surface area contributed by atoms with Gasteiger partial charge in [0.25, 0.3) is 5.91 Å². The first kappa shape index (κ1) is 12.8. The Hall–Kier alpha value is -1.69. The molecule has 1 aromatic carbocycles. The van der Waals surface area contributed by atoms with Gasteiger partial charge < -0.3 is 5.32 Å². The third kappa shape index (κ3) is 2.76. The van der Waals surface area contributed by atoms with Crippen molar-refractivity contribution in [3.63, 3.8) is 0 Å². The van der Waals surface area contributed by atoms with Gasteiger partial charge in [-0.05, 0) is 36.8 Å². The molecule has 0 fully saturated rings. The highest BCUT2D eigenvalue weighted by atomic mass is 32.2. The molecule has 2 rings (SSSR count). The first-order valence-corrected chi connectivity index (χ1v) is 7.07. The second-order valence-corrected chi connectivity index (χ2v) is 6.13. The number of aryl methyl sites for hydroxylation is 1. The number of rotatable bonds is 2. The number of benzene rings is 1. The van der Waals surface area contributed by atoms with Crippen LogP contribution in [0.3, 0.4) is 0 Å². The fourth-order valence-electron chi connectivity index (χ4n) is 1.79. The van der Waals surface area contributed by atoms with Gasteiger partial charge >= 0.3 is 0 Å². The molecule has 18 heavy (non-hydrogen) atoms. The van der Waals surface area contributed by atoms with Crippen LogP contribution in [-0.2, 0) is 9.84 Å². The van der Waals surface area contributed by atoms with E-state index in [4.69, 9.17) is 0 Å². The third-order valence-electron chi connectivity index (χ3n) is 2.68. The van der Waals surface area contributed by atoms with E-state index in [2.05, 4.69) is 5.32 Å². The molecule has 0 saturated heterocycles. The van der Waals surface area contributed by atoms with Gasteiger partial charge in [0.05, 0.1) is 11.8 Å². The fraction of sp³-hybridized carbons (Fsp3) is 0.250. The van der Waals surface area contributed by atoms with Crippen LogP contribution in [0.5, 0.6) is 0 Å². The topological polar surface area (TPSA) is 63.2 Å². The lowest BCUT2D eigenvalue weighted by Gasteiger charge is -2.11. The summed E-state index contributed by atoms with van der Waals surface area (Å²) >= 11 is 0. The zero-order valence-corrected chi connectivity index (χ0v) is 10.5. The van der Waals surface area contributed by atoms with Gasteiger partial charge in [0.1, 0.15) is 5.82 Å². The van der Waals surface area contributed by atoms with Crippen LogP contribution in [0.25, 0.3) is 0 Å². The molecule has 0 aromatic heterocycles. The normalized spacial score (nSPS) is 20.9. The first-order chi connectivity index (χ1) is 8.37. The van der Waals surface area contributed by atoms with E-state index >= 15 is 0 Å². The maximum atomic E-state index is 12.9. The number of hydrogen-bond donors (Lipinski definition) is 1. The molecule has 0 spiro atoms. The molecule has 1 atom stereocenters. The van der Waals surface area contributed by atoms with Gasteiger partial charge in [-0.15, -0.1) is 0 Å². The molecule has 1 unspecified atom stereocenters. The zero-order valence-electron chi connectivity index (χ0n) is 9.68. The SMILES string of the molecule is Cc1cc(F)ccc1C(=O)NC1C=CS(=O)(=O)C1. The highest BCUT2D eigenvalue weighted by molar-refractivity contribution is 7.94. The molecular formula is C12H12FNO3S. The van der Waals surface area contributed by atoms with Crippen LogP contribution in [0.15, 0.2) is 29.7 Å². The number of carbonyl (C=O) groups is 1. The quantitative estimate of drug-likeness (QED) is 0.876. The van der Waals surface area contributed by atoms with E-state index in [1.165, 1.54) is 24.3 Å². The third-order valence-corrected chi connectivity index (χ3v) is 4.08. The molecule has 4 nitrogen and oxygen atoms in total. The number of hydrogen-bond acceptors (Lipinski definition) is 3. The Morgan fingerprint density at radius 2 is 2.17 bits per heavy atom. The van der Waals surface area contributed by atoms with Crippen molar-refractivity contribution in [2.24, 2.45) is 0 Å². The number of halogens is 1. The van der Waals surface area contributed by atoms with Crippen LogP contribution in [0.2, 0.25) is 0 Å². The Morgan fingerprint density at radius 1 is 1.44 bits per heavy atom. The summed E-state index contributed by atoms with van der Waals surface area (Å²) in [5.41, 5.74) is 0.853. The Balaban J connectivity index is 2.12. The van der Waals surface area contributed by atoms with E-state index in [9.17, 15) is 17.6 Å². The van der Waals surface area contributed by atoms with Crippen molar-refractivity contribution in [2.75, 3.05) is 5.75 Å². The van der Waals surface area contributed by atoms with Crippen LogP contribution < -0.4 is 5.32 Å². The minimum Gasteiger partial charge on any atom is -0.345 e. The summed E-state index contributed by atoms with van der Waals surface area (Å²) in [4.78, 5) is 11.9. The van der Waals surface area contributed by atoms with Gasteiger partial charge in [-0.1, -0.05) is 0 Å². The van der Waals surface area contributed by atoms with Crippen molar-refractivity contribution in [1.29, 1.82) is 0 Å². The van der Waals surface area contributed by atoms with Crippen molar-refractivity contribution < 1.29 is 17.6 Å². The van der Waals surface area contributed by atoms with Crippen molar-refractivity contribution in [1.82, 2.24) is 5.32 Å². The minimum absolute atomic E-state index is 0.126. The average Bonchev–Trinajstić information content (AvgIpc) is 2.57. The largest absolute Gasteiger partial charge is 0.345 e. The van der Waals surface area contributed by atoms with Crippen LogP contribution in [0, 0.1) is 12.7 Å². The summed E-state index contributed by atoms with van der Waals surface area (Å²) < 4.78 is 35.3. The number of amides is 1. The summed E-state index contributed by atoms with van der Waals surface area (Å²) in [5, 5.41) is 3.68. The number of nitrogens with one attached hydrogen (secondary N) is 1. The molecule has 96 valence electrons. The fourth-order valence-corrected chi connectivity index (χ4v) is 3.03. The molecule has 0 bridgehead atoms. The highest BCUT2D eigenvalue weighted by Crippen LogP contribution is 2.12. The summed E-state index contributed by atoms with van der Waals surface area (Å²) in [6.45, 7) is 1.62. The Bertz CT molecular complexity index is 622. The molecule has 1 aliphatic heterocycles. The van der Waals surface area contributed by atoms with Gasteiger partial charge in [-0.2, -0.15) is 0 Å². The lowest BCUT2D eigenvalue weighted by atomic mass is 10.1. The number of sulfone groups is 1. The van der Waals surface area contributed by atoms with Crippen molar-refractivity contribution in [3.8, 4) is 0 Å². The highest BCUT2D eigenvalue weighted by Gasteiger charge is 2.23. The van der Waals surface area contributed by atoms with E-state index in [1.807, 2.05) is 0 Å². The summed E-state index contributed by atoms with van der Waals surface area (Å²) in [5.74, 6) is -0.939.